The van der Waals surface area contributed by atoms with Crippen molar-refractivity contribution in [2.45, 2.75) is 38.0 Å². The van der Waals surface area contributed by atoms with Crippen molar-refractivity contribution in [3.8, 4) is 0 Å². The highest BCUT2D eigenvalue weighted by atomic mass is 32.2. The molecule has 2 rings (SSSR count). The molecular weight excluding hydrogens is 270 g/mol. The smallest absolute Gasteiger partial charge is 0.237 e. The first-order valence-electron chi connectivity index (χ1n) is 7.24. The molecular formula is C16H23NO2S. The van der Waals surface area contributed by atoms with Crippen molar-refractivity contribution in [2.24, 2.45) is 5.92 Å². The van der Waals surface area contributed by atoms with Gasteiger partial charge >= 0.3 is 0 Å². The molecule has 1 aromatic rings. The van der Waals surface area contributed by atoms with Gasteiger partial charge in [-0.15, -0.1) is 11.8 Å². The summed E-state index contributed by atoms with van der Waals surface area (Å²) in [5.74, 6) is 1.39. The second-order valence-corrected chi connectivity index (χ2v) is 6.78. The highest BCUT2D eigenvalue weighted by Crippen LogP contribution is 2.36. The molecule has 0 saturated carbocycles. The van der Waals surface area contributed by atoms with Crippen LogP contribution in [0.2, 0.25) is 0 Å². The Labute approximate surface area is 125 Å². The summed E-state index contributed by atoms with van der Waals surface area (Å²) in [5, 5.41) is 12.1. The van der Waals surface area contributed by atoms with E-state index in [0.717, 1.165) is 17.7 Å². The Bertz CT molecular complexity index is 462. The highest BCUT2D eigenvalue weighted by Gasteiger charge is 2.28. The second kappa shape index (κ2) is 7.14. The van der Waals surface area contributed by atoms with Crippen molar-refractivity contribution in [2.75, 3.05) is 12.4 Å². The Morgan fingerprint density at radius 1 is 1.45 bits per heavy atom. The first kappa shape index (κ1) is 15.4. The van der Waals surface area contributed by atoms with Crippen LogP contribution in [0.4, 0.5) is 0 Å². The monoisotopic (exact) mass is 293 g/mol. The van der Waals surface area contributed by atoms with Gasteiger partial charge in [0, 0.05) is 12.6 Å². The lowest BCUT2D eigenvalue weighted by atomic mass is 9.98. The standard InChI is InChI=1S/C16H23NO2S/c1-11(2)14(7-9-18)17-16(19)15-13-6-4-3-5-12(13)8-10-20-15/h3-6,11,14-15,18H,7-10H2,1-2H3,(H,17,19). The number of aliphatic hydroxyl groups excluding tert-OH is 1. The molecule has 2 unspecified atom stereocenters. The van der Waals surface area contributed by atoms with Crippen LogP contribution in [0.15, 0.2) is 24.3 Å². The molecule has 110 valence electrons. The molecule has 1 aliphatic rings. The maximum atomic E-state index is 12.5. The van der Waals surface area contributed by atoms with Gasteiger partial charge in [0.05, 0.1) is 0 Å². The Morgan fingerprint density at radius 2 is 2.20 bits per heavy atom. The van der Waals surface area contributed by atoms with Crippen molar-refractivity contribution in [1.82, 2.24) is 5.32 Å². The molecule has 2 atom stereocenters. The van der Waals surface area contributed by atoms with Gasteiger partial charge in [-0.05, 0) is 35.6 Å². The van der Waals surface area contributed by atoms with Crippen LogP contribution in [-0.2, 0) is 11.2 Å². The van der Waals surface area contributed by atoms with Gasteiger partial charge in [-0.1, -0.05) is 38.1 Å². The number of hydrogen-bond acceptors (Lipinski definition) is 3. The lowest BCUT2D eigenvalue weighted by Gasteiger charge is -2.28. The third kappa shape index (κ3) is 3.55. The third-order valence-electron chi connectivity index (χ3n) is 3.80. The first-order valence-corrected chi connectivity index (χ1v) is 8.29. The largest absolute Gasteiger partial charge is 0.396 e. The zero-order valence-electron chi connectivity index (χ0n) is 12.1. The summed E-state index contributed by atoms with van der Waals surface area (Å²) in [5.41, 5.74) is 2.43. The van der Waals surface area contributed by atoms with E-state index in [2.05, 4.69) is 31.3 Å². The van der Waals surface area contributed by atoms with Gasteiger partial charge in [0.25, 0.3) is 0 Å². The van der Waals surface area contributed by atoms with E-state index >= 15 is 0 Å². The predicted molar refractivity (Wildman–Crippen MR) is 83.8 cm³/mol. The molecule has 20 heavy (non-hydrogen) atoms. The fraction of sp³-hybridized carbons (Fsp3) is 0.562. The van der Waals surface area contributed by atoms with Crippen molar-refractivity contribution in [1.29, 1.82) is 0 Å². The number of aliphatic hydroxyl groups is 1. The quantitative estimate of drug-likeness (QED) is 0.877. The molecule has 0 fully saturated rings. The average molecular weight is 293 g/mol. The van der Waals surface area contributed by atoms with Crippen LogP contribution in [0.25, 0.3) is 0 Å². The van der Waals surface area contributed by atoms with Gasteiger partial charge in [-0.25, -0.2) is 0 Å². The van der Waals surface area contributed by atoms with Gasteiger partial charge < -0.3 is 10.4 Å². The van der Waals surface area contributed by atoms with E-state index in [4.69, 9.17) is 5.11 Å². The van der Waals surface area contributed by atoms with Gasteiger partial charge in [0.15, 0.2) is 0 Å². The van der Waals surface area contributed by atoms with Crippen LogP contribution in [0, 0.1) is 5.92 Å². The second-order valence-electron chi connectivity index (χ2n) is 5.57. The van der Waals surface area contributed by atoms with Crippen molar-refractivity contribution in [3.63, 3.8) is 0 Å². The average Bonchev–Trinajstić information content (AvgIpc) is 2.46. The summed E-state index contributed by atoms with van der Waals surface area (Å²) in [4.78, 5) is 12.5. The molecule has 1 heterocycles. The van der Waals surface area contributed by atoms with Crippen LogP contribution in [0.5, 0.6) is 0 Å². The summed E-state index contributed by atoms with van der Waals surface area (Å²) in [6.45, 7) is 4.25. The van der Waals surface area contributed by atoms with E-state index < -0.39 is 0 Å². The maximum Gasteiger partial charge on any atom is 0.237 e. The predicted octanol–water partition coefficient (Wildman–Crippen LogP) is 2.54. The number of benzene rings is 1. The number of rotatable bonds is 5. The number of thioether (sulfide) groups is 1. The molecule has 4 heteroatoms. The van der Waals surface area contributed by atoms with E-state index in [1.165, 1.54) is 5.56 Å². The molecule has 0 radical (unpaired) electrons. The van der Waals surface area contributed by atoms with Crippen molar-refractivity contribution >= 4 is 17.7 Å². The summed E-state index contributed by atoms with van der Waals surface area (Å²) >= 11 is 1.71. The van der Waals surface area contributed by atoms with Gasteiger partial charge in [0.1, 0.15) is 5.25 Å². The minimum Gasteiger partial charge on any atom is -0.396 e. The van der Waals surface area contributed by atoms with Crippen LogP contribution in [0.3, 0.4) is 0 Å². The summed E-state index contributed by atoms with van der Waals surface area (Å²) in [6.07, 6.45) is 1.65. The lowest BCUT2D eigenvalue weighted by Crippen LogP contribution is -2.41. The van der Waals surface area contributed by atoms with E-state index in [0.29, 0.717) is 12.3 Å². The molecule has 1 aromatic carbocycles. The molecule has 2 N–H and O–H groups in total. The number of fused-ring (bicyclic) bond motifs is 1. The minimum atomic E-state index is -0.111. The van der Waals surface area contributed by atoms with Crippen LogP contribution in [0.1, 0.15) is 36.6 Å². The van der Waals surface area contributed by atoms with Crippen molar-refractivity contribution in [3.05, 3.63) is 35.4 Å². The number of amides is 1. The maximum absolute atomic E-state index is 12.5. The molecule has 0 aliphatic carbocycles. The van der Waals surface area contributed by atoms with Gasteiger partial charge in [-0.3, -0.25) is 4.79 Å². The summed E-state index contributed by atoms with van der Waals surface area (Å²) in [6, 6.07) is 8.25. The van der Waals surface area contributed by atoms with E-state index in [1.807, 2.05) is 12.1 Å². The molecule has 0 saturated heterocycles. The van der Waals surface area contributed by atoms with E-state index in [9.17, 15) is 4.79 Å². The van der Waals surface area contributed by atoms with E-state index in [-0.39, 0.29) is 23.8 Å². The number of carbonyl (C=O) groups excluding carboxylic acids is 1. The zero-order chi connectivity index (χ0) is 14.5. The summed E-state index contributed by atoms with van der Waals surface area (Å²) < 4.78 is 0. The SMILES string of the molecule is CC(C)C(CCO)NC(=O)C1SCCc2ccccc21. The fourth-order valence-corrected chi connectivity index (χ4v) is 3.78. The Kier molecular flexibility index (Phi) is 5.49. The first-order chi connectivity index (χ1) is 9.63. The highest BCUT2D eigenvalue weighted by molar-refractivity contribution is 8.00. The number of hydrogen-bond donors (Lipinski definition) is 2. The zero-order valence-corrected chi connectivity index (χ0v) is 13.0. The number of carbonyl (C=O) groups is 1. The molecule has 3 nitrogen and oxygen atoms in total. The fourth-order valence-electron chi connectivity index (χ4n) is 2.58. The molecule has 0 spiro atoms. The Morgan fingerprint density at radius 3 is 2.90 bits per heavy atom. The molecule has 1 amide bonds. The van der Waals surface area contributed by atoms with E-state index in [1.54, 1.807) is 11.8 Å². The lowest BCUT2D eigenvalue weighted by molar-refractivity contribution is -0.121. The van der Waals surface area contributed by atoms with Crippen molar-refractivity contribution < 1.29 is 9.90 Å². The molecule has 0 bridgehead atoms. The van der Waals surface area contributed by atoms with Gasteiger partial charge in [0.2, 0.25) is 5.91 Å². The number of aryl methyl sites for hydroxylation is 1. The molecule has 0 aromatic heterocycles. The Hall–Kier alpha value is -1.00. The number of nitrogens with one attached hydrogen (secondary N) is 1. The third-order valence-corrected chi connectivity index (χ3v) is 5.05. The Balaban J connectivity index is 2.10. The topological polar surface area (TPSA) is 49.3 Å². The normalized spacial score (nSPS) is 19.5. The van der Waals surface area contributed by atoms with Gasteiger partial charge in [-0.2, -0.15) is 0 Å². The minimum absolute atomic E-state index is 0.0437. The summed E-state index contributed by atoms with van der Waals surface area (Å²) in [7, 11) is 0. The van der Waals surface area contributed by atoms with Crippen LogP contribution >= 0.6 is 11.8 Å². The molecule has 1 aliphatic heterocycles. The van der Waals surface area contributed by atoms with Crippen LogP contribution in [-0.4, -0.2) is 29.4 Å². The van der Waals surface area contributed by atoms with Crippen LogP contribution < -0.4 is 5.32 Å².